The van der Waals surface area contributed by atoms with Crippen LogP contribution in [0.3, 0.4) is 0 Å². The molecule has 2 aromatic rings. The molecule has 1 aliphatic heterocycles. The van der Waals surface area contributed by atoms with Crippen LogP contribution in [-0.4, -0.2) is 22.5 Å². The third-order valence-corrected chi connectivity index (χ3v) is 3.93. The number of hydrogen-bond acceptors (Lipinski definition) is 2. The third-order valence-electron chi connectivity index (χ3n) is 3.93. The van der Waals surface area contributed by atoms with Gasteiger partial charge in [0, 0.05) is 11.9 Å². The van der Waals surface area contributed by atoms with Gasteiger partial charge in [-0.1, -0.05) is 6.07 Å². The first kappa shape index (κ1) is 10.8. The molecule has 0 bridgehead atoms. The average Bonchev–Trinajstić information content (AvgIpc) is 2.66. The van der Waals surface area contributed by atoms with Crippen molar-refractivity contribution >= 4 is 5.65 Å². The quantitative estimate of drug-likeness (QED) is 0.813. The lowest BCUT2D eigenvalue weighted by atomic mass is 9.91. The van der Waals surface area contributed by atoms with E-state index in [1.807, 2.05) is 0 Å². The molecule has 0 amide bonds. The number of aromatic nitrogens is 2. The summed E-state index contributed by atoms with van der Waals surface area (Å²) >= 11 is 0. The summed E-state index contributed by atoms with van der Waals surface area (Å²) in [6, 6.07) is 4.40. The molecular weight excluding hydrogens is 210 g/mol. The molecule has 2 aromatic heterocycles. The standard InChI is InChI=1S/C14H19N3/c1-10-11(2)17-9-13(3-4-14(17)16-10)12-5-7-15-8-6-12/h3-4,9,12,15H,5-8H2,1-2H3. The molecule has 17 heavy (non-hydrogen) atoms. The number of nitrogens with one attached hydrogen (secondary N) is 1. The van der Waals surface area contributed by atoms with E-state index in [-0.39, 0.29) is 0 Å². The highest BCUT2D eigenvalue weighted by Crippen LogP contribution is 2.26. The highest BCUT2D eigenvalue weighted by molar-refractivity contribution is 5.44. The fraction of sp³-hybridized carbons (Fsp3) is 0.500. The highest BCUT2D eigenvalue weighted by atomic mass is 15.0. The monoisotopic (exact) mass is 229 g/mol. The Morgan fingerprint density at radius 2 is 2.00 bits per heavy atom. The molecule has 0 spiro atoms. The Balaban J connectivity index is 2.02. The second kappa shape index (κ2) is 4.15. The van der Waals surface area contributed by atoms with Gasteiger partial charge in [-0.3, -0.25) is 0 Å². The van der Waals surface area contributed by atoms with Crippen molar-refractivity contribution in [1.82, 2.24) is 14.7 Å². The number of aryl methyl sites for hydroxylation is 2. The molecule has 0 saturated carbocycles. The van der Waals surface area contributed by atoms with Crippen molar-refractivity contribution < 1.29 is 0 Å². The molecule has 3 nitrogen and oxygen atoms in total. The van der Waals surface area contributed by atoms with Crippen molar-refractivity contribution in [3.8, 4) is 0 Å². The molecule has 0 radical (unpaired) electrons. The molecule has 3 heterocycles. The number of imidazole rings is 1. The number of pyridine rings is 1. The third kappa shape index (κ3) is 1.84. The van der Waals surface area contributed by atoms with Crippen molar-refractivity contribution in [3.63, 3.8) is 0 Å². The molecule has 1 aliphatic rings. The van der Waals surface area contributed by atoms with Crippen LogP contribution >= 0.6 is 0 Å². The van der Waals surface area contributed by atoms with E-state index in [2.05, 4.69) is 46.9 Å². The van der Waals surface area contributed by atoms with Crippen molar-refractivity contribution in [3.05, 3.63) is 35.3 Å². The molecule has 0 atom stereocenters. The van der Waals surface area contributed by atoms with Crippen LogP contribution in [0.15, 0.2) is 18.3 Å². The van der Waals surface area contributed by atoms with Gasteiger partial charge in [0.15, 0.2) is 0 Å². The molecule has 3 rings (SSSR count). The molecule has 1 N–H and O–H groups in total. The molecule has 0 unspecified atom stereocenters. The summed E-state index contributed by atoms with van der Waals surface area (Å²) < 4.78 is 2.23. The van der Waals surface area contributed by atoms with E-state index in [1.165, 1.54) is 24.1 Å². The first-order valence-corrected chi connectivity index (χ1v) is 6.41. The predicted molar refractivity (Wildman–Crippen MR) is 69.5 cm³/mol. The Kier molecular flexibility index (Phi) is 2.63. The van der Waals surface area contributed by atoms with Gasteiger partial charge in [0.25, 0.3) is 0 Å². The number of fused-ring (bicyclic) bond motifs is 1. The summed E-state index contributed by atoms with van der Waals surface area (Å²) in [6.45, 7) is 6.50. The number of rotatable bonds is 1. The van der Waals surface area contributed by atoms with Crippen molar-refractivity contribution in [2.45, 2.75) is 32.6 Å². The maximum Gasteiger partial charge on any atom is 0.137 e. The van der Waals surface area contributed by atoms with E-state index in [4.69, 9.17) is 0 Å². The van der Waals surface area contributed by atoms with E-state index in [0.29, 0.717) is 5.92 Å². The molecule has 1 saturated heterocycles. The zero-order valence-electron chi connectivity index (χ0n) is 10.5. The summed E-state index contributed by atoms with van der Waals surface area (Å²) in [5.41, 5.74) is 4.92. The van der Waals surface area contributed by atoms with E-state index in [9.17, 15) is 0 Å². The van der Waals surface area contributed by atoms with Crippen LogP contribution in [0.2, 0.25) is 0 Å². The number of nitrogens with zero attached hydrogens (tertiary/aromatic N) is 2. The van der Waals surface area contributed by atoms with Gasteiger partial charge in [-0.2, -0.15) is 0 Å². The smallest absolute Gasteiger partial charge is 0.137 e. The minimum Gasteiger partial charge on any atom is -0.317 e. The van der Waals surface area contributed by atoms with Gasteiger partial charge in [-0.15, -0.1) is 0 Å². The fourth-order valence-electron chi connectivity index (χ4n) is 2.69. The van der Waals surface area contributed by atoms with E-state index in [0.717, 1.165) is 24.4 Å². The predicted octanol–water partition coefficient (Wildman–Crippen LogP) is 2.42. The van der Waals surface area contributed by atoms with Crippen LogP contribution in [0.25, 0.3) is 5.65 Å². The van der Waals surface area contributed by atoms with Crippen molar-refractivity contribution in [2.75, 3.05) is 13.1 Å². The normalized spacial score (nSPS) is 17.8. The second-order valence-corrected chi connectivity index (χ2v) is 5.00. The lowest BCUT2D eigenvalue weighted by Crippen LogP contribution is -2.26. The Morgan fingerprint density at radius 1 is 1.24 bits per heavy atom. The molecule has 90 valence electrons. The van der Waals surface area contributed by atoms with Gasteiger partial charge in [-0.25, -0.2) is 4.98 Å². The van der Waals surface area contributed by atoms with Gasteiger partial charge in [0.2, 0.25) is 0 Å². The average molecular weight is 229 g/mol. The first-order valence-electron chi connectivity index (χ1n) is 6.41. The van der Waals surface area contributed by atoms with Gasteiger partial charge in [0.1, 0.15) is 5.65 Å². The summed E-state index contributed by atoms with van der Waals surface area (Å²) in [5, 5.41) is 3.42. The van der Waals surface area contributed by atoms with E-state index >= 15 is 0 Å². The molecule has 1 fully saturated rings. The topological polar surface area (TPSA) is 29.3 Å². The van der Waals surface area contributed by atoms with Crippen LogP contribution in [0.5, 0.6) is 0 Å². The van der Waals surface area contributed by atoms with Crippen LogP contribution in [0.4, 0.5) is 0 Å². The summed E-state index contributed by atoms with van der Waals surface area (Å²) in [4.78, 5) is 4.55. The van der Waals surface area contributed by atoms with Crippen LogP contribution in [0.1, 0.15) is 35.7 Å². The Hall–Kier alpha value is -1.35. The fourth-order valence-corrected chi connectivity index (χ4v) is 2.69. The highest BCUT2D eigenvalue weighted by Gasteiger charge is 2.16. The largest absolute Gasteiger partial charge is 0.317 e. The number of piperidine rings is 1. The molecule has 3 heteroatoms. The maximum atomic E-state index is 4.55. The van der Waals surface area contributed by atoms with Crippen molar-refractivity contribution in [2.24, 2.45) is 0 Å². The first-order chi connectivity index (χ1) is 8.25. The van der Waals surface area contributed by atoms with Crippen LogP contribution in [-0.2, 0) is 0 Å². The molecule has 0 aliphatic carbocycles. The van der Waals surface area contributed by atoms with Crippen LogP contribution in [0, 0.1) is 13.8 Å². The summed E-state index contributed by atoms with van der Waals surface area (Å²) in [7, 11) is 0. The lowest BCUT2D eigenvalue weighted by Gasteiger charge is -2.23. The van der Waals surface area contributed by atoms with Gasteiger partial charge in [-0.05, 0) is 57.3 Å². The van der Waals surface area contributed by atoms with Gasteiger partial charge < -0.3 is 9.72 Å². The Labute approximate surface area is 102 Å². The van der Waals surface area contributed by atoms with Gasteiger partial charge in [0.05, 0.1) is 5.69 Å². The SMILES string of the molecule is Cc1nc2ccc(C3CCNCC3)cn2c1C. The summed E-state index contributed by atoms with van der Waals surface area (Å²) in [5.74, 6) is 0.711. The Bertz CT molecular complexity index is 536. The van der Waals surface area contributed by atoms with Gasteiger partial charge >= 0.3 is 0 Å². The second-order valence-electron chi connectivity index (χ2n) is 5.00. The Morgan fingerprint density at radius 3 is 2.76 bits per heavy atom. The zero-order chi connectivity index (χ0) is 11.8. The summed E-state index contributed by atoms with van der Waals surface area (Å²) in [6.07, 6.45) is 4.77. The van der Waals surface area contributed by atoms with Crippen molar-refractivity contribution in [1.29, 1.82) is 0 Å². The lowest BCUT2D eigenvalue weighted by molar-refractivity contribution is 0.459. The van der Waals surface area contributed by atoms with E-state index < -0.39 is 0 Å². The molecular formula is C14H19N3. The number of hydrogen-bond donors (Lipinski definition) is 1. The minimum absolute atomic E-state index is 0.711. The molecule has 0 aromatic carbocycles. The minimum atomic E-state index is 0.711. The maximum absolute atomic E-state index is 4.55. The zero-order valence-corrected chi connectivity index (χ0v) is 10.5. The van der Waals surface area contributed by atoms with Crippen LogP contribution < -0.4 is 5.32 Å². The van der Waals surface area contributed by atoms with E-state index in [1.54, 1.807) is 0 Å².